The third kappa shape index (κ3) is 3.27. The summed E-state index contributed by atoms with van der Waals surface area (Å²) >= 11 is 0. The third-order valence-electron chi connectivity index (χ3n) is 4.46. The van der Waals surface area contributed by atoms with Gasteiger partial charge in [-0.3, -0.25) is 9.59 Å². The lowest BCUT2D eigenvalue weighted by Gasteiger charge is -2.39. The third-order valence-corrected chi connectivity index (χ3v) is 4.46. The maximum Gasteiger partial charge on any atom is 0.280 e. The minimum atomic E-state index is -1.63. The van der Waals surface area contributed by atoms with E-state index in [2.05, 4.69) is 5.32 Å². The zero-order chi connectivity index (χ0) is 18.7. The highest BCUT2D eigenvalue weighted by Crippen LogP contribution is 2.37. The number of rotatable bonds is 5. The SMILES string of the molecule is CCN1C(=O)C(C)(C(=O)NCCc2cccc(F)c2)Oc2ccccc21. The number of ether oxygens (including phenoxy) is 1. The molecule has 2 aromatic carbocycles. The van der Waals surface area contributed by atoms with Crippen LogP contribution in [0.3, 0.4) is 0 Å². The van der Waals surface area contributed by atoms with E-state index in [0.717, 1.165) is 5.56 Å². The van der Waals surface area contributed by atoms with Gasteiger partial charge in [-0.1, -0.05) is 24.3 Å². The molecule has 1 heterocycles. The van der Waals surface area contributed by atoms with Crippen molar-refractivity contribution in [3.8, 4) is 5.75 Å². The molecule has 0 fully saturated rings. The maximum absolute atomic E-state index is 13.2. The Bertz CT molecular complexity index is 839. The van der Waals surface area contributed by atoms with Crippen molar-refractivity contribution in [1.29, 1.82) is 0 Å². The summed E-state index contributed by atoms with van der Waals surface area (Å²) in [6.45, 7) is 4.04. The summed E-state index contributed by atoms with van der Waals surface area (Å²) in [4.78, 5) is 27.1. The van der Waals surface area contributed by atoms with Crippen LogP contribution in [0.1, 0.15) is 19.4 Å². The first-order valence-electron chi connectivity index (χ1n) is 8.58. The Balaban J connectivity index is 1.72. The number of nitrogens with one attached hydrogen (secondary N) is 1. The highest BCUT2D eigenvalue weighted by atomic mass is 19.1. The molecule has 0 spiro atoms. The summed E-state index contributed by atoms with van der Waals surface area (Å²) in [5.74, 6) is -0.729. The van der Waals surface area contributed by atoms with Crippen molar-refractivity contribution in [2.45, 2.75) is 25.9 Å². The average molecular weight is 356 g/mol. The van der Waals surface area contributed by atoms with Gasteiger partial charge in [0.2, 0.25) is 0 Å². The first kappa shape index (κ1) is 17.9. The topological polar surface area (TPSA) is 58.6 Å². The Morgan fingerprint density at radius 3 is 2.73 bits per heavy atom. The molecule has 0 saturated heterocycles. The Kier molecular flexibility index (Phi) is 4.93. The fourth-order valence-corrected chi connectivity index (χ4v) is 3.04. The molecule has 0 radical (unpaired) electrons. The number of halogens is 1. The minimum Gasteiger partial charge on any atom is -0.466 e. The van der Waals surface area contributed by atoms with Crippen LogP contribution in [-0.4, -0.2) is 30.5 Å². The van der Waals surface area contributed by atoms with E-state index in [1.807, 2.05) is 13.0 Å². The van der Waals surface area contributed by atoms with Crippen LogP contribution in [0.2, 0.25) is 0 Å². The molecule has 5 nitrogen and oxygen atoms in total. The highest BCUT2D eigenvalue weighted by Gasteiger charge is 2.50. The van der Waals surface area contributed by atoms with Gasteiger partial charge in [0, 0.05) is 13.1 Å². The highest BCUT2D eigenvalue weighted by molar-refractivity contribution is 6.16. The monoisotopic (exact) mass is 356 g/mol. The largest absolute Gasteiger partial charge is 0.466 e. The molecule has 3 rings (SSSR count). The number of fused-ring (bicyclic) bond motifs is 1. The van der Waals surface area contributed by atoms with Gasteiger partial charge >= 0.3 is 0 Å². The van der Waals surface area contributed by atoms with Crippen molar-refractivity contribution in [2.75, 3.05) is 18.0 Å². The van der Waals surface area contributed by atoms with Gasteiger partial charge in [-0.25, -0.2) is 4.39 Å². The molecule has 26 heavy (non-hydrogen) atoms. The number of likely N-dealkylation sites (N-methyl/N-ethyl adjacent to an activating group) is 1. The summed E-state index contributed by atoms with van der Waals surface area (Å²) in [6, 6.07) is 13.3. The number of nitrogens with zero attached hydrogens (tertiary/aromatic N) is 1. The lowest BCUT2D eigenvalue weighted by atomic mass is 9.99. The van der Waals surface area contributed by atoms with Crippen molar-refractivity contribution in [3.63, 3.8) is 0 Å². The van der Waals surface area contributed by atoms with E-state index in [9.17, 15) is 14.0 Å². The predicted octanol–water partition coefficient (Wildman–Crippen LogP) is 2.69. The molecule has 0 bridgehead atoms. The van der Waals surface area contributed by atoms with E-state index in [-0.39, 0.29) is 12.4 Å². The number of benzene rings is 2. The number of carbonyl (C=O) groups excluding carboxylic acids is 2. The smallest absolute Gasteiger partial charge is 0.280 e. The van der Waals surface area contributed by atoms with Crippen LogP contribution in [0.15, 0.2) is 48.5 Å². The second-order valence-electron chi connectivity index (χ2n) is 6.29. The lowest BCUT2D eigenvalue weighted by Crippen LogP contribution is -2.62. The van der Waals surface area contributed by atoms with E-state index in [0.29, 0.717) is 24.4 Å². The van der Waals surface area contributed by atoms with Gasteiger partial charge in [-0.15, -0.1) is 0 Å². The minimum absolute atomic E-state index is 0.280. The lowest BCUT2D eigenvalue weighted by molar-refractivity contribution is -0.148. The zero-order valence-electron chi connectivity index (χ0n) is 14.8. The van der Waals surface area contributed by atoms with Crippen molar-refractivity contribution in [3.05, 3.63) is 59.9 Å². The summed E-state index contributed by atoms with van der Waals surface area (Å²) in [7, 11) is 0. The van der Waals surface area contributed by atoms with E-state index < -0.39 is 17.4 Å². The Morgan fingerprint density at radius 1 is 1.23 bits per heavy atom. The number of carbonyl (C=O) groups is 2. The fourth-order valence-electron chi connectivity index (χ4n) is 3.04. The number of hydrogen-bond acceptors (Lipinski definition) is 3. The Labute approximate surface area is 151 Å². The average Bonchev–Trinajstić information content (AvgIpc) is 2.63. The molecule has 0 aromatic heterocycles. The molecule has 2 amide bonds. The summed E-state index contributed by atoms with van der Waals surface area (Å²) in [5.41, 5.74) is -0.205. The Hall–Kier alpha value is -2.89. The van der Waals surface area contributed by atoms with Crippen LogP contribution in [0, 0.1) is 5.82 Å². The van der Waals surface area contributed by atoms with Crippen LogP contribution in [0.4, 0.5) is 10.1 Å². The number of anilines is 1. The molecular weight excluding hydrogens is 335 g/mol. The van der Waals surface area contributed by atoms with Gasteiger partial charge in [0.05, 0.1) is 5.69 Å². The van der Waals surface area contributed by atoms with Gasteiger partial charge in [0.25, 0.3) is 17.4 Å². The van der Waals surface area contributed by atoms with E-state index >= 15 is 0 Å². The molecule has 1 aliphatic rings. The van der Waals surface area contributed by atoms with E-state index in [1.54, 1.807) is 35.2 Å². The van der Waals surface area contributed by atoms with Crippen LogP contribution in [0.5, 0.6) is 5.75 Å². The quantitative estimate of drug-likeness (QED) is 0.838. The van der Waals surface area contributed by atoms with E-state index in [4.69, 9.17) is 4.74 Å². The van der Waals surface area contributed by atoms with Crippen molar-refractivity contribution < 1.29 is 18.7 Å². The molecule has 2 aromatic rings. The molecule has 0 saturated carbocycles. The normalized spacial score (nSPS) is 18.9. The Morgan fingerprint density at radius 2 is 2.00 bits per heavy atom. The second kappa shape index (κ2) is 7.15. The predicted molar refractivity (Wildman–Crippen MR) is 96.6 cm³/mol. The molecule has 0 aliphatic carbocycles. The molecule has 136 valence electrons. The van der Waals surface area contributed by atoms with Gasteiger partial charge in [0.15, 0.2) is 0 Å². The van der Waals surface area contributed by atoms with Crippen LogP contribution >= 0.6 is 0 Å². The van der Waals surface area contributed by atoms with Crippen LogP contribution in [-0.2, 0) is 16.0 Å². The number of hydrogen-bond donors (Lipinski definition) is 1. The fraction of sp³-hybridized carbons (Fsp3) is 0.300. The number of amides is 2. The van der Waals surface area contributed by atoms with Crippen molar-refractivity contribution >= 4 is 17.5 Å². The molecule has 1 atom stereocenters. The second-order valence-corrected chi connectivity index (χ2v) is 6.29. The zero-order valence-corrected chi connectivity index (χ0v) is 14.8. The summed E-state index contributed by atoms with van der Waals surface area (Å²) < 4.78 is 19.0. The van der Waals surface area contributed by atoms with Gasteiger partial charge < -0.3 is 15.0 Å². The van der Waals surface area contributed by atoms with Crippen molar-refractivity contribution in [2.24, 2.45) is 0 Å². The summed E-state index contributed by atoms with van der Waals surface area (Å²) in [6.07, 6.45) is 0.460. The molecule has 1 N–H and O–H groups in total. The molecular formula is C20H21FN2O3. The molecule has 1 unspecified atom stereocenters. The standard InChI is InChI=1S/C20H21FN2O3/c1-3-23-16-9-4-5-10-17(16)26-20(2,19(23)25)18(24)22-12-11-14-7-6-8-15(21)13-14/h4-10,13H,3,11-12H2,1-2H3,(H,22,24). The van der Waals surface area contributed by atoms with Crippen molar-refractivity contribution in [1.82, 2.24) is 5.32 Å². The number of para-hydroxylation sites is 2. The first-order valence-corrected chi connectivity index (χ1v) is 8.58. The molecule has 6 heteroatoms. The van der Waals surface area contributed by atoms with Crippen LogP contribution in [0.25, 0.3) is 0 Å². The van der Waals surface area contributed by atoms with Gasteiger partial charge in [-0.05, 0) is 50.1 Å². The van der Waals surface area contributed by atoms with Gasteiger partial charge in [-0.2, -0.15) is 0 Å². The first-order chi connectivity index (χ1) is 12.5. The van der Waals surface area contributed by atoms with Gasteiger partial charge in [0.1, 0.15) is 11.6 Å². The maximum atomic E-state index is 13.2. The van der Waals surface area contributed by atoms with Crippen LogP contribution < -0.4 is 15.0 Å². The van der Waals surface area contributed by atoms with E-state index in [1.165, 1.54) is 19.1 Å². The summed E-state index contributed by atoms with van der Waals surface area (Å²) in [5, 5.41) is 2.73. The molecule has 1 aliphatic heterocycles.